The van der Waals surface area contributed by atoms with Gasteiger partial charge >= 0.3 is 0 Å². The molecule has 4 heteroatoms. The quantitative estimate of drug-likeness (QED) is 0.330. The van der Waals surface area contributed by atoms with Gasteiger partial charge in [-0.25, -0.2) is 0 Å². The highest BCUT2D eigenvalue weighted by atomic mass is 32.1. The Morgan fingerprint density at radius 2 is 2.00 bits per heavy atom. The van der Waals surface area contributed by atoms with Crippen LogP contribution in [0.1, 0.15) is 0 Å². The van der Waals surface area contributed by atoms with Crippen LogP contribution in [-0.2, 0) is 0 Å². The van der Waals surface area contributed by atoms with Gasteiger partial charge in [0.05, 0.1) is 7.05 Å². The Morgan fingerprint density at radius 3 is 2.38 bits per heavy atom. The van der Waals surface area contributed by atoms with E-state index in [2.05, 4.69) is 17.7 Å². The molecule has 0 aromatic heterocycles. The summed E-state index contributed by atoms with van der Waals surface area (Å²) in [5, 5.41) is 6.80. The summed E-state index contributed by atoms with van der Waals surface area (Å²) in [7, 11) is 2.10. The average Bonchev–Trinajstić information content (AvgIpc) is 1.77. The maximum Gasteiger partial charge on any atom is 0.174 e. The third-order valence-corrected chi connectivity index (χ3v) is 1.39. The van der Waals surface area contributed by atoms with E-state index in [1.165, 1.54) is 4.90 Å². The van der Waals surface area contributed by atoms with Crippen LogP contribution in [-0.4, -0.2) is 25.5 Å². The lowest BCUT2D eigenvalue weighted by molar-refractivity contribution is -0.886. The number of rotatable bonds is 0. The smallest absolute Gasteiger partial charge is 0.174 e. The van der Waals surface area contributed by atoms with Crippen LogP contribution in [0.2, 0.25) is 0 Å². The van der Waals surface area contributed by atoms with Crippen molar-refractivity contribution in [2.45, 2.75) is 0 Å². The highest BCUT2D eigenvalue weighted by molar-refractivity contribution is 7.80. The van der Waals surface area contributed by atoms with Gasteiger partial charge in [0.25, 0.3) is 0 Å². The summed E-state index contributed by atoms with van der Waals surface area (Å²) < 4.78 is 0. The molecule has 0 spiro atoms. The lowest BCUT2D eigenvalue weighted by Gasteiger charge is -2.22. The molecule has 1 aliphatic heterocycles. The molecule has 0 unspecified atom stereocenters. The molecule has 0 saturated carbocycles. The second-order valence-corrected chi connectivity index (χ2v) is 2.40. The highest BCUT2D eigenvalue weighted by Gasteiger charge is 2.07. The van der Waals surface area contributed by atoms with Crippen LogP contribution in [0.3, 0.4) is 0 Å². The first-order valence-electron chi connectivity index (χ1n) is 2.62. The zero-order valence-corrected chi connectivity index (χ0v) is 5.64. The highest BCUT2D eigenvalue weighted by Crippen LogP contribution is 1.62. The molecule has 1 aliphatic rings. The summed E-state index contributed by atoms with van der Waals surface area (Å²) in [5.74, 6) is 0. The first kappa shape index (κ1) is 5.78. The molecule has 1 fully saturated rings. The number of hydrogen-bond acceptors (Lipinski definition) is 1. The van der Waals surface area contributed by atoms with Crippen LogP contribution in [0.4, 0.5) is 0 Å². The van der Waals surface area contributed by atoms with Crippen molar-refractivity contribution in [3.05, 3.63) is 0 Å². The van der Waals surface area contributed by atoms with E-state index < -0.39 is 0 Å². The number of nitrogens with one attached hydrogen (secondary N) is 3. The van der Waals surface area contributed by atoms with Gasteiger partial charge in [0.15, 0.2) is 18.4 Å². The predicted octanol–water partition coefficient (Wildman–Crippen LogP) is -2.11. The molecule has 0 aliphatic carbocycles. The van der Waals surface area contributed by atoms with Crippen LogP contribution in [0.5, 0.6) is 0 Å². The molecule has 0 aromatic carbocycles. The van der Waals surface area contributed by atoms with Gasteiger partial charge in [-0.05, 0) is 12.2 Å². The lowest BCUT2D eigenvalue weighted by Crippen LogP contribution is -3.14. The summed E-state index contributed by atoms with van der Waals surface area (Å²) in [6.07, 6.45) is 0. The molecule has 0 amide bonds. The van der Waals surface area contributed by atoms with Gasteiger partial charge < -0.3 is 15.5 Å². The van der Waals surface area contributed by atoms with Gasteiger partial charge in [-0.3, -0.25) is 0 Å². The molecule has 0 radical (unpaired) electrons. The van der Waals surface area contributed by atoms with Crippen molar-refractivity contribution < 1.29 is 4.90 Å². The van der Waals surface area contributed by atoms with Gasteiger partial charge in [-0.1, -0.05) is 0 Å². The maximum atomic E-state index is 4.82. The molecular weight excluding hydrogens is 122 g/mol. The van der Waals surface area contributed by atoms with Crippen LogP contribution < -0.4 is 15.5 Å². The van der Waals surface area contributed by atoms with E-state index in [0.29, 0.717) is 0 Å². The van der Waals surface area contributed by atoms with E-state index in [0.717, 1.165) is 18.4 Å². The molecule has 3 N–H and O–H groups in total. The Balaban J connectivity index is 2.29. The Kier molecular flexibility index (Phi) is 1.65. The SMILES string of the molecule is C[NH+]1CNC(=S)NC1. The topological polar surface area (TPSA) is 28.5 Å². The standard InChI is InChI=1S/C4H9N3S/c1-7-2-5-4(8)6-3-7/h2-3H2,1H3,(H2,5,6,8)/p+1. The van der Waals surface area contributed by atoms with Crippen molar-refractivity contribution in [1.29, 1.82) is 0 Å². The largest absolute Gasteiger partial charge is 0.316 e. The Bertz CT molecular complexity index is 93.5. The van der Waals surface area contributed by atoms with Crippen LogP contribution >= 0.6 is 12.2 Å². The maximum absolute atomic E-state index is 4.82. The fourth-order valence-corrected chi connectivity index (χ4v) is 0.732. The van der Waals surface area contributed by atoms with Crippen LogP contribution in [0.25, 0.3) is 0 Å². The fraction of sp³-hybridized carbons (Fsp3) is 0.750. The second-order valence-electron chi connectivity index (χ2n) is 1.99. The zero-order valence-electron chi connectivity index (χ0n) is 4.82. The van der Waals surface area contributed by atoms with E-state index in [1.807, 2.05) is 0 Å². The molecule has 0 atom stereocenters. The van der Waals surface area contributed by atoms with E-state index in [-0.39, 0.29) is 0 Å². The van der Waals surface area contributed by atoms with Gasteiger partial charge in [0, 0.05) is 0 Å². The molecule has 1 saturated heterocycles. The van der Waals surface area contributed by atoms with Crippen molar-refractivity contribution in [1.82, 2.24) is 10.6 Å². The van der Waals surface area contributed by atoms with Crippen molar-refractivity contribution in [3.8, 4) is 0 Å². The van der Waals surface area contributed by atoms with Gasteiger partial charge in [-0.15, -0.1) is 0 Å². The Hall–Kier alpha value is -0.350. The number of hydrogen-bond donors (Lipinski definition) is 3. The Morgan fingerprint density at radius 1 is 1.50 bits per heavy atom. The summed E-state index contributed by atoms with van der Waals surface area (Å²) in [4.78, 5) is 1.40. The van der Waals surface area contributed by atoms with Crippen LogP contribution in [0.15, 0.2) is 0 Å². The fourth-order valence-electron chi connectivity index (χ4n) is 0.587. The molecule has 1 heterocycles. The van der Waals surface area contributed by atoms with Crippen molar-refractivity contribution >= 4 is 17.3 Å². The zero-order chi connectivity index (χ0) is 5.98. The summed E-state index contributed by atoms with van der Waals surface area (Å²) in [5.41, 5.74) is 0. The number of thiocarbonyl (C=S) groups is 1. The molecule has 0 aromatic rings. The van der Waals surface area contributed by atoms with E-state index in [4.69, 9.17) is 12.2 Å². The average molecular weight is 132 g/mol. The number of quaternary nitrogens is 1. The van der Waals surface area contributed by atoms with Crippen molar-refractivity contribution in [2.75, 3.05) is 20.4 Å². The van der Waals surface area contributed by atoms with Crippen molar-refractivity contribution in [2.24, 2.45) is 0 Å². The van der Waals surface area contributed by atoms with Gasteiger partial charge in [0.1, 0.15) is 0 Å². The summed E-state index contributed by atoms with van der Waals surface area (Å²) >= 11 is 4.82. The molecule has 3 nitrogen and oxygen atoms in total. The monoisotopic (exact) mass is 132 g/mol. The minimum Gasteiger partial charge on any atom is -0.316 e. The van der Waals surface area contributed by atoms with Crippen LogP contribution in [0, 0.1) is 0 Å². The van der Waals surface area contributed by atoms with E-state index in [1.54, 1.807) is 0 Å². The third kappa shape index (κ3) is 1.31. The lowest BCUT2D eigenvalue weighted by atomic mass is 10.7. The first-order chi connectivity index (χ1) is 3.79. The summed E-state index contributed by atoms with van der Waals surface area (Å²) in [6, 6.07) is 0. The molecular formula is C4H10N3S+. The minimum atomic E-state index is 0.774. The molecule has 46 valence electrons. The summed E-state index contributed by atoms with van der Waals surface area (Å²) in [6.45, 7) is 1.87. The normalized spacial score (nSPS) is 21.9. The van der Waals surface area contributed by atoms with Gasteiger partial charge in [0.2, 0.25) is 0 Å². The van der Waals surface area contributed by atoms with E-state index >= 15 is 0 Å². The third-order valence-electron chi connectivity index (χ3n) is 1.10. The molecule has 8 heavy (non-hydrogen) atoms. The molecule has 1 rings (SSSR count). The first-order valence-corrected chi connectivity index (χ1v) is 3.03. The minimum absolute atomic E-state index is 0.774. The van der Waals surface area contributed by atoms with E-state index in [9.17, 15) is 0 Å². The second kappa shape index (κ2) is 2.28. The van der Waals surface area contributed by atoms with Gasteiger partial charge in [-0.2, -0.15) is 0 Å². The van der Waals surface area contributed by atoms with Crippen molar-refractivity contribution in [3.63, 3.8) is 0 Å². The predicted molar refractivity (Wildman–Crippen MR) is 35.5 cm³/mol. The Labute approximate surface area is 54.0 Å². The molecule has 0 bridgehead atoms.